The number of hydrogen-bond donors (Lipinski definition) is 0. The van der Waals surface area contributed by atoms with Crippen LogP contribution in [0.1, 0.15) is 68.6 Å². The van der Waals surface area contributed by atoms with Crippen molar-refractivity contribution in [3.8, 4) is 0 Å². The molecule has 0 aromatic heterocycles. The smallest absolute Gasteiger partial charge is 0.162 e. The van der Waals surface area contributed by atoms with E-state index in [0.717, 1.165) is 18.4 Å². The average Bonchev–Trinajstić information content (AvgIpc) is 2.44. The molecule has 0 aliphatic heterocycles. The van der Waals surface area contributed by atoms with E-state index in [0.29, 0.717) is 31.5 Å². The lowest BCUT2D eigenvalue weighted by Crippen LogP contribution is -2.02. The fourth-order valence-electron chi connectivity index (χ4n) is 2.09. The van der Waals surface area contributed by atoms with E-state index < -0.39 is 0 Å². The number of carbonyl (C=O) groups is 2. The molecule has 0 N–H and O–H groups in total. The molecule has 0 radical (unpaired) electrons. The van der Waals surface area contributed by atoms with Gasteiger partial charge in [0.1, 0.15) is 5.78 Å². The summed E-state index contributed by atoms with van der Waals surface area (Å²) in [6, 6.07) is 9.29. The molecule has 19 heavy (non-hydrogen) atoms. The van der Waals surface area contributed by atoms with Crippen LogP contribution >= 0.6 is 0 Å². The van der Waals surface area contributed by atoms with Crippen LogP contribution in [0.3, 0.4) is 0 Å². The third kappa shape index (κ3) is 6.90. The van der Waals surface area contributed by atoms with E-state index in [1.165, 1.54) is 12.8 Å². The highest BCUT2D eigenvalue weighted by molar-refractivity contribution is 5.96. The first kappa shape index (κ1) is 15.6. The summed E-state index contributed by atoms with van der Waals surface area (Å²) in [6.45, 7) is 2.16. The van der Waals surface area contributed by atoms with Gasteiger partial charge in [-0.3, -0.25) is 9.59 Å². The Hall–Kier alpha value is -1.44. The van der Waals surface area contributed by atoms with Crippen LogP contribution in [-0.2, 0) is 4.79 Å². The first-order valence-electron chi connectivity index (χ1n) is 7.34. The Morgan fingerprint density at radius 2 is 1.53 bits per heavy atom. The molecule has 104 valence electrons. The molecule has 2 nitrogen and oxygen atoms in total. The fourth-order valence-corrected chi connectivity index (χ4v) is 2.09. The van der Waals surface area contributed by atoms with Gasteiger partial charge in [0.15, 0.2) is 5.78 Å². The molecule has 0 saturated heterocycles. The van der Waals surface area contributed by atoms with Crippen molar-refractivity contribution in [1.29, 1.82) is 0 Å². The third-order valence-corrected chi connectivity index (χ3v) is 3.26. The monoisotopic (exact) mass is 260 g/mol. The van der Waals surface area contributed by atoms with Gasteiger partial charge in [0, 0.05) is 24.8 Å². The molecule has 0 bridgehead atoms. The number of ketones is 2. The van der Waals surface area contributed by atoms with Crippen LogP contribution in [0, 0.1) is 0 Å². The first-order chi connectivity index (χ1) is 9.24. The second-order valence-corrected chi connectivity index (χ2v) is 4.99. The Kier molecular flexibility index (Phi) is 7.80. The van der Waals surface area contributed by atoms with Crippen LogP contribution in [0.4, 0.5) is 0 Å². The van der Waals surface area contributed by atoms with Gasteiger partial charge in [-0.2, -0.15) is 0 Å². The van der Waals surface area contributed by atoms with E-state index in [2.05, 4.69) is 6.92 Å². The quantitative estimate of drug-likeness (QED) is 0.456. The van der Waals surface area contributed by atoms with Crippen molar-refractivity contribution in [2.75, 3.05) is 0 Å². The van der Waals surface area contributed by atoms with E-state index >= 15 is 0 Å². The van der Waals surface area contributed by atoms with Crippen LogP contribution in [0.5, 0.6) is 0 Å². The van der Waals surface area contributed by atoms with E-state index in [1.54, 1.807) is 0 Å². The Balaban J connectivity index is 2.13. The summed E-state index contributed by atoms with van der Waals surface area (Å²) in [5, 5.41) is 0. The van der Waals surface area contributed by atoms with Gasteiger partial charge in [-0.15, -0.1) is 0 Å². The summed E-state index contributed by atoms with van der Waals surface area (Å²) in [5.74, 6) is 0.441. The fraction of sp³-hybridized carbons (Fsp3) is 0.529. The molecule has 0 heterocycles. The predicted octanol–water partition coefficient (Wildman–Crippen LogP) is 4.58. The molecule has 0 atom stereocenters. The molecule has 0 saturated carbocycles. The maximum Gasteiger partial charge on any atom is 0.162 e. The molecular weight excluding hydrogens is 236 g/mol. The highest BCUT2D eigenvalue weighted by Crippen LogP contribution is 2.09. The van der Waals surface area contributed by atoms with Gasteiger partial charge in [0.25, 0.3) is 0 Å². The number of hydrogen-bond acceptors (Lipinski definition) is 2. The van der Waals surface area contributed by atoms with Crippen molar-refractivity contribution in [3.05, 3.63) is 35.9 Å². The molecule has 0 aliphatic rings. The zero-order valence-electron chi connectivity index (χ0n) is 11.9. The number of benzene rings is 1. The molecule has 0 unspecified atom stereocenters. The third-order valence-electron chi connectivity index (χ3n) is 3.26. The summed E-state index contributed by atoms with van der Waals surface area (Å²) in [6.07, 6.45) is 6.93. The van der Waals surface area contributed by atoms with Crippen molar-refractivity contribution in [3.63, 3.8) is 0 Å². The van der Waals surface area contributed by atoms with E-state index in [-0.39, 0.29) is 5.78 Å². The lowest BCUT2D eigenvalue weighted by Gasteiger charge is -2.02. The van der Waals surface area contributed by atoms with Crippen molar-refractivity contribution >= 4 is 11.6 Å². The van der Waals surface area contributed by atoms with Gasteiger partial charge in [0.05, 0.1) is 0 Å². The summed E-state index contributed by atoms with van der Waals surface area (Å²) in [4.78, 5) is 23.4. The second-order valence-electron chi connectivity index (χ2n) is 4.99. The maximum absolute atomic E-state index is 11.8. The SMILES string of the molecule is CCCCCCC(=O)CCCC(=O)c1ccccc1. The van der Waals surface area contributed by atoms with Gasteiger partial charge in [-0.25, -0.2) is 0 Å². The van der Waals surface area contributed by atoms with E-state index in [1.807, 2.05) is 30.3 Å². The van der Waals surface area contributed by atoms with Crippen molar-refractivity contribution < 1.29 is 9.59 Å². The standard InChI is InChI=1S/C17H24O2/c1-2-3-4-8-12-16(18)13-9-14-17(19)15-10-6-5-7-11-15/h5-7,10-11H,2-4,8-9,12-14H2,1H3. The molecule has 0 amide bonds. The summed E-state index contributed by atoms with van der Waals surface area (Å²) in [7, 11) is 0. The van der Waals surface area contributed by atoms with Crippen molar-refractivity contribution in [2.24, 2.45) is 0 Å². The Morgan fingerprint density at radius 1 is 0.842 bits per heavy atom. The summed E-state index contributed by atoms with van der Waals surface area (Å²) in [5.41, 5.74) is 0.748. The molecule has 1 aromatic carbocycles. The zero-order chi connectivity index (χ0) is 13.9. The normalized spacial score (nSPS) is 10.4. The Bertz CT molecular complexity index is 382. The molecule has 0 fully saturated rings. The number of rotatable bonds is 10. The van der Waals surface area contributed by atoms with Gasteiger partial charge >= 0.3 is 0 Å². The first-order valence-corrected chi connectivity index (χ1v) is 7.34. The van der Waals surface area contributed by atoms with Crippen molar-refractivity contribution in [1.82, 2.24) is 0 Å². The molecular formula is C17H24O2. The predicted molar refractivity (Wildman–Crippen MR) is 78.4 cm³/mol. The molecule has 2 heteroatoms. The van der Waals surface area contributed by atoms with Crippen LogP contribution < -0.4 is 0 Å². The number of unbranched alkanes of at least 4 members (excludes halogenated alkanes) is 3. The van der Waals surface area contributed by atoms with E-state index in [4.69, 9.17) is 0 Å². The summed E-state index contributed by atoms with van der Waals surface area (Å²) < 4.78 is 0. The van der Waals surface area contributed by atoms with Crippen molar-refractivity contribution in [2.45, 2.75) is 58.3 Å². The number of carbonyl (C=O) groups excluding carboxylic acids is 2. The minimum Gasteiger partial charge on any atom is -0.300 e. The van der Waals surface area contributed by atoms with Crippen LogP contribution in [-0.4, -0.2) is 11.6 Å². The lowest BCUT2D eigenvalue weighted by atomic mass is 10.0. The molecule has 1 aromatic rings. The summed E-state index contributed by atoms with van der Waals surface area (Å²) >= 11 is 0. The second kappa shape index (κ2) is 9.48. The highest BCUT2D eigenvalue weighted by Gasteiger charge is 2.07. The maximum atomic E-state index is 11.8. The topological polar surface area (TPSA) is 34.1 Å². The minimum atomic E-state index is 0.138. The van der Waals surface area contributed by atoms with Gasteiger partial charge in [0.2, 0.25) is 0 Å². The van der Waals surface area contributed by atoms with Gasteiger partial charge in [-0.05, 0) is 12.8 Å². The van der Waals surface area contributed by atoms with E-state index in [9.17, 15) is 9.59 Å². The van der Waals surface area contributed by atoms with Crippen LogP contribution in [0.25, 0.3) is 0 Å². The molecule has 0 aliphatic carbocycles. The average molecular weight is 260 g/mol. The lowest BCUT2D eigenvalue weighted by molar-refractivity contribution is -0.119. The molecule has 0 spiro atoms. The Morgan fingerprint density at radius 3 is 2.21 bits per heavy atom. The van der Waals surface area contributed by atoms with Crippen LogP contribution in [0.2, 0.25) is 0 Å². The van der Waals surface area contributed by atoms with Gasteiger partial charge in [-0.1, -0.05) is 56.5 Å². The highest BCUT2D eigenvalue weighted by atomic mass is 16.1. The largest absolute Gasteiger partial charge is 0.300 e. The molecule has 1 rings (SSSR count). The number of Topliss-reactive ketones (excluding diaryl/α,β-unsaturated/α-hetero) is 2. The van der Waals surface area contributed by atoms with Gasteiger partial charge < -0.3 is 0 Å². The minimum absolute atomic E-state index is 0.138. The zero-order valence-corrected chi connectivity index (χ0v) is 11.9. The van der Waals surface area contributed by atoms with Crippen LogP contribution in [0.15, 0.2) is 30.3 Å². The Labute approximate surface area is 116 Å².